The highest BCUT2D eigenvalue weighted by molar-refractivity contribution is 7.99. The molecule has 1 unspecified atom stereocenters. The van der Waals surface area contributed by atoms with E-state index >= 15 is 0 Å². The molecular formula is C18H16Cl2N2O3S. The van der Waals surface area contributed by atoms with Gasteiger partial charge in [-0.1, -0.05) is 23.2 Å². The zero-order chi connectivity index (χ0) is 19.1. The number of H-pyrrole nitrogens is 1. The van der Waals surface area contributed by atoms with Crippen molar-refractivity contribution in [3.63, 3.8) is 0 Å². The number of aromatic nitrogens is 1. The molecule has 0 radical (unpaired) electrons. The maximum Gasteiger partial charge on any atom is 0.273 e. The Labute approximate surface area is 164 Å². The lowest BCUT2D eigenvalue weighted by Crippen LogP contribution is -2.24. The number of aromatic amines is 1. The molecule has 2 aromatic carbocycles. The molecule has 0 fully saturated rings. The van der Waals surface area contributed by atoms with E-state index in [0.717, 1.165) is 10.4 Å². The molecule has 8 heteroatoms. The fourth-order valence-corrected chi connectivity index (χ4v) is 3.96. The number of hydrogen-bond donors (Lipinski definition) is 2. The summed E-state index contributed by atoms with van der Waals surface area (Å²) >= 11 is 13.4. The molecule has 0 aliphatic carbocycles. The molecule has 136 valence electrons. The first-order chi connectivity index (χ1) is 12.2. The van der Waals surface area contributed by atoms with Crippen molar-refractivity contribution in [2.75, 3.05) is 5.75 Å². The molecule has 1 aromatic heterocycles. The Balaban J connectivity index is 1.86. The van der Waals surface area contributed by atoms with Crippen LogP contribution >= 0.6 is 35.0 Å². The van der Waals surface area contributed by atoms with E-state index in [1.807, 2.05) is 6.07 Å². The second-order valence-electron chi connectivity index (χ2n) is 6.30. The van der Waals surface area contributed by atoms with Gasteiger partial charge in [-0.25, -0.2) is 0 Å². The van der Waals surface area contributed by atoms with E-state index in [1.54, 1.807) is 38.1 Å². The first-order valence-corrected chi connectivity index (χ1v) is 9.50. The summed E-state index contributed by atoms with van der Waals surface area (Å²) in [6.45, 7) is 3.39. The predicted molar refractivity (Wildman–Crippen MR) is 106 cm³/mol. The fourth-order valence-electron chi connectivity index (χ4n) is 2.63. The third-order valence-electron chi connectivity index (χ3n) is 4.13. The van der Waals surface area contributed by atoms with Crippen molar-refractivity contribution in [2.24, 2.45) is 0 Å². The lowest BCUT2D eigenvalue weighted by Gasteiger charge is -2.21. The maximum atomic E-state index is 11.1. The van der Waals surface area contributed by atoms with Crippen LogP contribution in [0.2, 0.25) is 10.0 Å². The number of benzene rings is 2. The Morgan fingerprint density at radius 3 is 2.62 bits per heavy atom. The van der Waals surface area contributed by atoms with Gasteiger partial charge in [0.15, 0.2) is 0 Å². The summed E-state index contributed by atoms with van der Waals surface area (Å²) in [5.41, 5.74) is 0.829. The quantitative estimate of drug-likeness (QED) is 0.321. The van der Waals surface area contributed by atoms with E-state index in [9.17, 15) is 15.2 Å². The number of fused-ring (bicyclic) bond motifs is 1. The summed E-state index contributed by atoms with van der Waals surface area (Å²) in [5.74, 6) is 0.374. The average molecular weight is 411 g/mol. The van der Waals surface area contributed by atoms with Crippen molar-refractivity contribution in [3.05, 3.63) is 67.8 Å². The van der Waals surface area contributed by atoms with E-state index in [4.69, 9.17) is 23.2 Å². The van der Waals surface area contributed by atoms with Crippen molar-refractivity contribution in [2.45, 2.75) is 24.3 Å². The number of nitrogens with zero attached hydrogens (tertiary/aromatic N) is 1. The van der Waals surface area contributed by atoms with Gasteiger partial charge in [-0.3, -0.25) is 10.1 Å². The van der Waals surface area contributed by atoms with Crippen molar-refractivity contribution >= 4 is 51.6 Å². The number of aryl methyl sites for hydroxylation is 1. The minimum absolute atomic E-state index is 0.0628. The van der Waals surface area contributed by atoms with E-state index in [-0.39, 0.29) is 5.69 Å². The molecule has 5 nitrogen and oxygen atoms in total. The Morgan fingerprint density at radius 2 is 1.96 bits per heavy atom. The monoisotopic (exact) mass is 410 g/mol. The molecule has 1 atom stereocenters. The van der Waals surface area contributed by atoms with Crippen LogP contribution in [-0.2, 0) is 5.60 Å². The minimum Gasteiger partial charge on any atom is -0.383 e. The summed E-state index contributed by atoms with van der Waals surface area (Å²) in [5, 5.41) is 23.6. The van der Waals surface area contributed by atoms with E-state index in [2.05, 4.69) is 4.98 Å². The molecule has 0 saturated heterocycles. The third kappa shape index (κ3) is 3.83. The average Bonchev–Trinajstić information content (AvgIpc) is 2.99. The molecule has 0 aliphatic heterocycles. The lowest BCUT2D eigenvalue weighted by atomic mass is 10.1. The second-order valence-corrected chi connectivity index (χ2v) is 8.17. The van der Waals surface area contributed by atoms with E-state index in [1.165, 1.54) is 17.8 Å². The van der Waals surface area contributed by atoms with Gasteiger partial charge in [-0.15, -0.1) is 11.8 Å². The van der Waals surface area contributed by atoms with Crippen LogP contribution in [0.4, 0.5) is 5.69 Å². The van der Waals surface area contributed by atoms with Crippen LogP contribution in [0.5, 0.6) is 0 Å². The number of thioether (sulfide) groups is 1. The zero-order valence-corrected chi connectivity index (χ0v) is 16.4. The van der Waals surface area contributed by atoms with Crippen LogP contribution in [0, 0.1) is 17.0 Å². The second kappa shape index (κ2) is 7.12. The first-order valence-electron chi connectivity index (χ1n) is 7.76. The molecule has 1 heterocycles. The highest BCUT2D eigenvalue weighted by Gasteiger charge is 2.26. The van der Waals surface area contributed by atoms with Gasteiger partial charge in [0.05, 0.1) is 15.0 Å². The number of rotatable bonds is 5. The molecule has 0 saturated carbocycles. The molecule has 2 N–H and O–H groups in total. The topological polar surface area (TPSA) is 79.2 Å². The predicted octanol–water partition coefficient (Wildman–Crippen LogP) is 5.69. The van der Waals surface area contributed by atoms with Crippen molar-refractivity contribution in [1.82, 2.24) is 4.98 Å². The normalized spacial score (nSPS) is 13.7. The lowest BCUT2D eigenvalue weighted by molar-refractivity contribution is -0.385. The molecule has 3 rings (SSSR count). The molecule has 26 heavy (non-hydrogen) atoms. The Hall–Kier alpha value is -1.73. The van der Waals surface area contributed by atoms with Gasteiger partial charge in [0, 0.05) is 38.9 Å². The van der Waals surface area contributed by atoms with Crippen LogP contribution < -0.4 is 0 Å². The summed E-state index contributed by atoms with van der Waals surface area (Å²) in [7, 11) is 0. The van der Waals surface area contributed by atoms with E-state index < -0.39 is 10.5 Å². The van der Waals surface area contributed by atoms with Crippen LogP contribution in [0.1, 0.15) is 18.2 Å². The first kappa shape index (κ1) is 19.0. The molecule has 0 bridgehead atoms. The van der Waals surface area contributed by atoms with Crippen LogP contribution in [0.25, 0.3) is 10.9 Å². The fraction of sp³-hybridized carbons (Fsp3) is 0.222. The number of nitrogens with one attached hydrogen (secondary N) is 1. The number of aliphatic hydroxyl groups is 1. The number of nitro groups is 1. The third-order valence-corrected chi connectivity index (χ3v) is 6.16. The number of hydrogen-bond acceptors (Lipinski definition) is 4. The smallest absolute Gasteiger partial charge is 0.273 e. The molecule has 0 amide bonds. The van der Waals surface area contributed by atoms with Crippen LogP contribution in [-0.4, -0.2) is 20.8 Å². The molecule has 3 aromatic rings. The Kier molecular flexibility index (Phi) is 5.21. The van der Waals surface area contributed by atoms with Crippen LogP contribution in [0.3, 0.4) is 0 Å². The van der Waals surface area contributed by atoms with Crippen molar-refractivity contribution in [3.8, 4) is 0 Å². The van der Waals surface area contributed by atoms with Gasteiger partial charge < -0.3 is 10.1 Å². The Morgan fingerprint density at radius 1 is 1.23 bits per heavy atom. The zero-order valence-electron chi connectivity index (χ0n) is 14.0. The van der Waals surface area contributed by atoms with Gasteiger partial charge in [0.2, 0.25) is 0 Å². The van der Waals surface area contributed by atoms with E-state index in [0.29, 0.717) is 32.4 Å². The largest absolute Gasteiger partial charge is 0.383 e. The molecular weight excluding hydrogens is 395 g/mol. The van der Waals surface area contributed by atoms with Crippen LogP contribution in [0.15, 0.2) is 41.3 Å². The Bertz CT molecular complexity index is 1000. The summed E-state index contributed by atoms with van der Waals surface area (Å²) < 4.78 is 0. The minimum atomic E-state index is -1.15. The maximum absolute atomic E-state index is 11.1. The summed E-state index contributed by atoms with van der Waals surface area (Å²) in [6, 6.07) is 10.3. The number of nitro benzene ring substituents is 1. The van der Waals surface area contributed by atoms with Gasteiger partial charge in [-0.2, -0.15) is 0 Å². The summed E-state index contributed by atoms with van der Waals surface area (Å²) in [4.78, 5) is 14.8. The van der Waals surface area contributed by atoms with Gasteiger partial charge in [0.1, 0.15) is 5.60 Å². The van der Waals surface area contributed by atoms with Gasteiger partial charge >= 0.3 is 0 Å². The highest BCUT2D eigenvalue weighted by Crippen LogP contribution is 2.34. The summed E-state index contributed by atoms with van der Waals surface area (Å²) in [6.07, 6.45) is 0. The molecule has 0 spiro atoms. The van der Waals surface area contributed by atoms with Gasteiger partial charge in [-0.05, 0) is 44.2 Å². The standard InChI is InChI=1S/C18H16Cl2N2O3S/c1-10-5-15-11(6-16(10)22(24)25)7-17(21-15)18(2,23)9-26-12-3-4-13(19)14(20)8-12/h3-8,21,23H,9H2,1-2H3. The SMILES string of the molecule is Cc1cc2[nH]c(C(C)(O)CSc3ccc(Cl)c(Cl)c3)cc2cc1[N+](=O)[O-]. The van der Waals surface area contributed by atoms with Gasteiger partial charge in [0.25, 0.3) is 5.69 Å². The van der Waals surface area contributed by atoms with Crippen molar-refractivity contribution in [1.29, 1.82) is 0 Å². The van der Waals surface area contributed by atoms with Crippen molar-refractivity contribution < 1.29 is 10.0 Å². The molecule has 0 aliphatic rings. The number of halogens is 2. The highest BCUT2D eigenvalue weighted by atomic mass is 35.5.